The van der Waals surface area contributed by atoms with E-state index in [-0.39, 0.29) is 24.4 Å². The fourth-order valence-corrected chi connectivity index (χ4v) is 3.27. The maximum absolute atomic E-state index is 12.5. The maximum atomic E-state index is 12.5. The first-order chi connectivity index (χ1) is 9.70. The van der Waals surface area contributed by atoms with Crippen LogP contribution in [0.1, 0.15) is 32.1 Å². The van der Waals surface area contributed by atoms with Gasteiger partial charge in [-0.1, -0.05) is 6.42 Å². The van der Waals surface area contributed by atoms with Gasteiger partial charge in [-0.15, -0.1) is 12.4 Å². The first kappa shape index (κ1) is 18.7. The highest BCUT2D eigenvalue weighted by Gasteiger charge is 2.33. The number of nitrogens with zero attached hydrogens (tertiary/aromatic N) is 1. The van der Waals surface area contributed by atoms with Crippen molar-refractivity contribution < 1.29 is 14.3 Å². The lowest BCUT2D eigenvalue weighted by atomic mass is 9.85. The predicted molar refractivity (Wildman–Crippen MR) is 84.6 cm³/mol. The highest BCUT2D eigenvalue weighted by Crippen LogP contribution is 2.27. The Morgan fingerprint density at radius 1 is 1.29 bits per heavy atom. The van der Waals surface area contributed by atoms with Crippen LogP contribution in [0.2, 0.25) is 0 Å². The van der Waals surface area contributed by atoms with E-state index in [1.807, 2.05) is 4.90 Å². The van der Waals surface area contributed by atoms with E-state index in [9.17, 15) is 4.79 Å². The van der Waals surface area contributed by atoms with Gasteiger partial charge in [0, 0.05) is 38.1 Å². The van der Waals surface area contributed by atoms with Gasteiger partial charge < -0.3 is 20.1 Å². The minimum absolute atomic E-state index is 0. The van der Waals surface area contributed by atoms with Crippen LogP contribution >= 0.6 is 12.4 Å². The number of ether oxygens (including phenoxy) is 2. The molecule has 2 aliphatic rings. The lowest BCUT2D eigenvalue weighted by Gasteiger charge is -2.29. The standard InChI is InChI=1S/C15H28N2O3.ClH/c1-19-7-8-20-11-12-5-6-17(10-12)15(18)13-3-2-4-14(16)9-13;/h12-14H,2-11,16H2,1H3;1H. The second-order valence-corrected chi connectivity index (χ2v) is 6.13. The number of nitrogens with two attached hydrogens (primary N) is 1. The molecule has 2 fully saturated rings. The second-order valence-electron chi connectivity index (χ2n) is 6.13. The third-order valence-electron chi connectivity index (χ3n) is 4.45. The van der Waals surface area contributed by atoms with Crippen LogP contribution in [0, 0.1) is 11.8 Å². The smallest absolute Gasteiger partial charge is 0.225 e. The summed E-state index contributed by atoms with van der Waals surface area (Å²) in [5, 5.41) is 0. The molecule has 1 aliphatic heterocycles. The summed E-state index contributed by atoms with van der Waals surface area (Å²) in [6, 6.07) is 0.216. The van der Waals surface area contributed by atoms with Crippen LogP contribution in [0.15, 0.2) is 0 Å². The van der Waals surface area contributed by atoms with Gasteiger partial charge in [-0.3, -0.25) is 4.79 Å². The Morgan fingerprint density at radius 3 is 2.81 bits per heavy atom. The van der Waals surface area contributed by atoms with Crippen molar-refractivity contribution in [3.63, 3.8) is 0 Å². The minimum atomic E-state index is 0. The van der Waals surface area contributed by atoms with E-state index in [1.165, 1.54) is 0 Å². The number of methoxy groups -OCH3 is 1. The summed E-state index contributed by atoms with van der Waals surface area (Å²) < 4.78 is 10.5. The van der Waals surface area contributed by atoms with Gasteiger partial charge in [0.15, 0.2) is 0 Å². The molecule has 1 saturated heterocycles. The number of likely N-dealkylation sites (tertiary alicyclic amines) is 1. The molecule has 2 rings (SSSR count). The third-order valence-corrected chi connectivity index (χ3v) is 4.45. The lowest BCUT2D eigenvalue weighted by molar-refractivity contribution is -0.135. The summed E-state index contributed by atoms with van der Waals surface area (Å²) in [5.41, 5.74) is 5.98. The van der Waals surface area contributed by atoms with Crippen LogP contribution in [0.25, 0.3) is 0 Å². The number of hydrogen-bond acceptors (Lipinski definition) is 4. The fraction of sp³-hybridized carbons (Fsp3) is 0.933. The lowest BCUT2D eigenvalue weighted by Crippen LogP contribution is -2.39. The number of rotatable bonds is 6. The zero-order chi connectivity index (χ0) is 14.4. The third kappa shape index (κ3) is 5.74. The first-order valence-corrected chi connectivity index (χ1v) is 7.81. The Balaban J connectivity index is 0.00000220. The summed E-state index contributed by atoms with van der Waals surface area (Å²) >= 11 is 0. The minimum Gasteiger partial charge on any atom is -0.382 e. The second kappa shape index (κ2) is 9.62. The molecule has 0 aromatic carbocycles. The van der Waals surface area contributed by atoms with Crippen LogP contribution in [-0.4, -0.2) is 56.9 Å². The number of hydrogen-bond donors (Lipinski definition) is 1. The zero-order valence-electron chi connectivity index (χ0n) is 13.0. The predicted octanol–water partition coefficient (Wildman–Crippen LogP) is 1.44. The molecule has 0 radical (unpaired) electrons. The Morgan fingerprint density at radius 2 is 2.10 bits per heavy atom. The summed E-state index contributed by atoms with van der Waals surface area (Å²) in [5.74, 6) is 0.958. The molecule has 21 heavy (non-hydrogen) atoms. The summed E-state index contributed by atoms with van der Waals surface area (Å²) in [6.45, 7) is 3.73. The number of carbonyl (C=O) groups excluding carboxylic acids is 1. The van der Waals surface area contributed by atoms with Crippen LogP contribution in [0.5, 0.6) is 0 Å². The van der Waals surface area contributed by atoms with Crippen molar-refractivity contribution >= 4 is 18.3 Å². The van der Waals surface area contributed by atoms with Crippen molar-refractivity contribution in [2.24, 2.45) is 17.6 Å². The first-order valence-electron chi connectivity index (χ1n) is 7.81. The van der Waals surface area contributed by atoms with Crippen molar-refractivity contribution in [1.29, 1.82) is 0 Å². The largest absolute Gasteiger partial charge is 0.382 e. The summed E-state index contributed by atoms with van der Waals surface area (Å²) in [7, 11) is 1.67. The Labute approximate surface area is 133 Å². The molecule has 0 aromatic rings. The average molecular weight is 321 g/mol. The van der Waals surface area contributed by atoms with Crippen molar-refractivity contribution in [2.45, 2.75) is 38.1 Å². The molecule has 0 spiro atoms. The van der Waals surface area contributed by atoms with Gasteiger partial charge in [0.2, 0.25) is 5.91 Å². The molecule has 3 atom stereocenters. The van der Waals surface area contributed by atoms with Crippen molar-refractivity contribution in [2.75, 3.05) is 40.0 Å². The normalized spacial score (nSPS) is 29.2. The van der Waals surface area contributed by atoms with E-state index in [1.54, 1.807) is 7.11 Å². The van der Waals surface area contributed by atoms with Gasteiger partial charge in [0.1, 0.15) is 0 Å². The fourth-order valence-electron chi connectivity index (χ4n) is 3.27. The molecule has 0 aromatic heterocycles. The van der Waals surface area contributed by atoms with Gasteiger partial charge in [0.25, 0.3) is 0 Å². The highest BCUT2D eigenvalue weighted by molar-refractivity contribution is 5.85. The van der Waals surface area contributed by atoms with Crippen LogP contribution < -0.4 is 5.73 Å². The van der Waals surface area contributed by atoms with Crippen LogP contribution in [0.4, 0.5) is 0 Å². The molecule has 1 heterocycles. The van der Waals surface area contributed by atoms with Crippen molar-refractivity contribution in [1.82, 2.24) is 4.90 Å². The molecule has 1 saturated carbocycles. The average Bonchev–Trinajstić information content (AvgIpc) is 2.91. The molecular formula is C15H29ClN2O3. The van der Waals surface area contributed by atoms with Gasteiger partial charge in [-0.2, -0.15) is 0 Å². The molecule has 1 aliphatic carbocycles. The van der Waals surface area contributed by atoms with Crippen LogP contribution in [-0.2, 0) is 14.3 Å². The van der Waals surface area contributed by atoms with Crippen molar-refractivity contribution in [3.8, 4) is 0 Å². The molecule has 6 heteroatoms. The number of carbonyl (C=O) groups is 1. The van der Waals surface area contributed by atoms with E-state index in [0.717, 1.165) is 51.8 Å². The van der Waals surface area contributed by atoms with Gasteiger partial charge in [-0.05, 0) is 25.7 Å². The Kier molecular flexibility index (Phi) is 8.56. The zero-order valence-corrected chi connectivity index (χ0v) is 13.8. The summed E-state index contributed by atoms with van der Waals surface area (Å²) in [6.07, 6.45) is 5.09. The Bertz CT molecular complexity index is 317. The molecule has 2 N–H and O–H groups in total. The van der Waals surface area contributed by atoms with E-state index in [4.69, 9.17) is 15.2 Å². The quantitative estimate of drug-likeness (QED) is 0.752. The van der Waals surface area contributed by atoms with Gasteiger partial charge in [-0.25, -0.2) is 0 Å². The molecular weight excluding hydrogens is 292 g/mol. The molecule has 3 unspecified atom stereocenters. The monoisotopic (exact) mass is 320 g/mol. The molecule has 1 amide bonds. The van der Waals surface area contributed by atoms with E-state index >= 15 is 0 Å². The molecule has 124 valence electrons. The van der Waals surface area contributed by atoms with E-state index in [0.29, 0.717) is 25.0 Å². The number of halogens is 1. The topological polar surface area (TPSA) is 64.8 Å². The van der Waals surface area contributed by atoms with Gasteiger partial charge in [0.05, 0.1) is 19.8 Å². The Hall–Kier alpha value is -0.360. The van der Waals surface area contributed by atoms with E-state index < -0.39 is 0 Å². The van der Waals surface area contributed by atoms with E-state index in [2.05, 4.69) is 0 Å². The van der Waals surface area contributed by atoms with Gasteiger partial charge >= 0.3 is 0 Å². The SMILES string of the molecule is COCCOCC1CCN(C(=O)C2CCCC(N)C2)C1.Cl. The number of amides is 1. The van der Waals surface area contributed by atoms with Crippen molar-refractivity contribution in [3.05, 3.63) is 0 Å². The summed E-state index contributed by atoms with van der Waals surface area (Å²) in [4.78, 5) is 14.5. The highest BCUT2D eigenvalue weighted by atomic mass is 35.5. The molecule has 5 nitrogen and oxygen atoms in total. The molecule has 0 bridgehead atoms. The maximum Gasteiger partial charge on any atom is 0.225 e. The van der Waals surface area contributed by atoms with Crippen LogP contribution in [0.3, 0.4) is 0 Å².